The fraction of sp³-hybridized carbons (Fsp3) is 0.222. The van der Waals surface area contributed by atoms with Gasteiger partial charge in [0.05, 0.1) is 0 Å². The second-order valence-corrected chi connectivity index (χ2v) is 5.92. The van der Waals surface area contributed by atoms with E-state index in [0.717, 1.165) is 0 Å². The van der Waals surface area contributed by atoms with Crippen LogP contribution in [0.5, 0.6) is 5.75 Å². The van der Waals surface area contributed by atoms with Crippen LogP contribution in [0.3, 0.4) is 0 Å². The molecule has 1 saturated carbocycles. The molecule has 1 fully saturated rings. The molecule has 2 amide bonds. The van der Waals surface area contributed by atoms with E-state index in [2.05, 4.69) is 5.32 Å². The quantitative estimate of drug-likeness (QED) is 0.848. The van der Waals surface area contributed by atoms with Gasteiger partial charge in [0.2, 0.25) is 11.8 Å². The number of carbonyl (C=O) groups excluding carboxylic acids is 2. The summed E-state index contributed by atoms with van der Waals surface area (Å²) in [6, 6.07) is 11.6. The first-order valence-electron chi connectivity index (χ1n) is 7.57. The summed E-state index contributed by atoms with van der Waals surface area (Å²) < 4.78 is 12.9. The van der Waals surface area contributed by atoms with Crippen molar-refractivity contribution in [3.05, 3.63) is 54.3 Å². The third-order valence-electron chi connectivity index (χ3n) is 4.24. The number of anilines is 2. The van der Waals surface area contributed by atoms with Gasteiger partial charge in [-0.15, -0.1) is 0 Å². The molecule has 2 N–H and O–H groups in total. The van der Waals surface area contributed by atoms with Crippen molar-refractivity contribution in [2.45, 2.75) is 12.8 Å². The summed E-state index contributed by atoms with van der Waals surface area (Å²) in [7, 11) is 1.60. The molecule has 3 rings (SSSR count). The molecule has 5 nitrogen and oxygen atoms in total. The molecular weight excluding hydrogens is 311 g/mol. The lowest BCUT2D eigenvalue weighted by Gasteiger charge is -2.23. The van der Waals surface area contributed by atoms with Gasteiger partial charge < -0.3 is 15.3 Å². The summed E-state index contributed by atoms with van der Waals surface area (Å²) in [6.07, 6.45) is 0.947. The molecule has 124 valence electrons. The molecule has 2 aromatic carbocycles. The van der Waals surface area contributed by atoms with Crippen molar-refractivity contribution >= 4 is 23.2 Å². The smallest absolute Gasteiger partial charge is 0.242 e. The Labute approximate surface area is 138 Å². The van der Waals surface area contributed by atoms with Gasteiger partial charge in [0.25, 0.3) is 0 Å². The van der Waals surface area contributed by atoms with Crippen LogP contribution in [0.25, 0.3) is 0 Å². The van der Waals surface area contributed by atoms with Gasteiger partial charge in [-0.25, -0.2) is 4.39 Å². The van der Waals surface area contributed by atoms with E-state index >= 15 is 0 Å². The molecule has 0 unspecified atom stereocenters. The average molecular weight is 328 g/mol. The van der Waals surface area contributed by atoms with Crippen LogP contribution in [-0.2, 0) is 9.59 Å². The summed E-state index contributed by atoms with van der Waals surface area (Å²) in [5.41, 5.74) is -0.0347. The van der Waals surface area contributed by atoms with Crippen LogP contribution in [0.4, 0.5) is 15.8 Å². The summed E-state index contributed by atoms with van der Waals surface area (Å²) >= 11 is 0. The van der Waals surface area contributed by atoms with Gasteiger partial charge in [-0.05, 0) is 61.4 Å². The van der Waals surface area contributed by atoms with Gasteiger partial charge in [0.15, 0.2) is 0 Å². The van der Waals surface area contributed by atoms with Crippen LogP contribution < -0.4 is 10.2 Å². The molecule has 1 aliphatic carbocycles. The second kappa shape index (κ2) is 5.96. The van der Waals surface area contributed by atoms with Crippen LogP contribution >= 0.6 is 0 Å². The third kappa shape index (κ3) is 2.95. The highest BCUT2D eigenvalue weighted by Crippen LogP contribution is 2.48. The SMILES string of the molecule is CN(C(=O)C1(C(=O)Nc2ccc(F)cc2)CC1)c1ccc(O)cc1. The summed E-state index contributed by atoms with van der Waals surface area (Å²) in [5, 5.41) is 12.0. The minimum Gasteiger partial charge on any atom is -0.508 e. The first kappa shape index (κ1) is 16.0. The number of phenolic OH excluding ortho intramolecular Hbond substituents is 1. The topological polar surface area (TPSA) is 69.6 Å². The molecule has 1 aliphatic rings. The highest BCUT2D eigenvalue weighted by Gasteiger charge is 2.57. The molecule has 0 radical (unpaired) electrons. The number of phenols is 1. The monoisotopic (exact) mass is 328 g/mol. The Morgan fingerprint density at radius 1 is 1.08 bits per heavy atom. The number of carbonyl (C=O) groups is 2. The summed E-state index contributed by atoms with van der Waals surface area (Å²) in [5.74, 6) is -0.968. The molecule has 0 heterocycles. The van der Waals surface area contributed by atoms with Crippen molar-refractivity contribution in [3.63, 3.8) is 0 Å². The van der Waals surface area contributed by atoms with E-state index in [1.807, 2.05) is 0 Å². The number of benzene rings is 2. The van der Waals surface area contributed by atoms with Crippen molar-refractivity contribution in [1.82, 2.24) is 0 Å². The Morgan fingerprint density at radius 2 is 1.67 bits per heavy atom. The third-order valence-corrected chi connectivity index (χ3v) is 4.24. The maximum Gasteiger partial charge on any atom is 0.242 e. The molecule has 0 saturated heterocycles. The molecule has 0 bridgehead atoms. The number of nitrogens with zero attached hydrogens (tertiary/aromatic N) is 1. The Hall–Kier alpha value is -2.89. The maximum atomic E-state index is 12.9. The van der Waals surface area contributed by atoms with E-state index in [9.17, 15) is 19.1 Å². The fourth-order valence-electron chi connectivity index (χ4n) is 2.56. The number of amides is 2. The Balaban J connectivity index is 1.74. The Kier molecular flexibility index (Phi) is 3.97. The lowest BCUT2D eigenvalue weighted by atomic mass is 10.0. The van der Waals surface area contributed by atoms with Crippen LogP contribution in [0.1, 0.15) is 12.8 Å². The number of rotatable bonds is 4. The Morgan fingerprint density at radius 3 is 2.21 bits per heavy atom. The van der Waals surface area contributed by atoms with E-state index in [-0.39, 0.29) is 17.6 Å². The highest BCUT2D eigenvalue weighted by atomic mass is 19.1. The molecule has 0 spiro atoms. The molecule has 2 aromatic rings. The van der Waals surface area contributed by atoms with Crippen molar-refractivity contribution in [2.24, 2.45) is 5.41 Å². The minimum absolute atomic E-state index is 0.106. The van der Waals surface area contributed by atoms with Gasteiger partial charge >= 0.3 is 0 Å². The van der Waals surface area contributed by atoms with E-state index in [1.54, 1.807) is 19.2 Å². The highest BCUT2D eigenvalue weighted by molar-refractivity contribution is 6.17. The standard InChI is InChI=1S/C18H17FN2O3/c1-21(14-6-8-15(22)9-7-14)17(24)18(10-11-18)16(23)20-13-4-2-12(19)3-5-13/h2-9,22H,10-11H2,1H3,(H,20,23). The van der Waals surface area contributed by atoms with Crippen LogP contribution in [-0.4, -0.2) is 24.0 Å². The molecule has 24 heavy (non-hydrogen) atoms. The van der Waals surface area contributed by atoms with E-state index < -0.39 is 11.2 Å². The number of nitrogens with one attached hydrogen (secondary N) is 1. The van der Waals surface area contributed by atoms with Crippen molar-refractivity contribution in [2.75, 3.05) is 17.3 Å². The lowest BCUT2D eigenvalue weighted by molar-refractivity contribution is -0.132. The maximum absolute atomic E-state index is 12.9. The fourth-order valence-corrected chi connectivity index (χ4v) is 2.56. The van der Waals surface area contributed by atoms with Crippen molar-refractivity contribution in [3.8, 4) is 5.75 Å². The van der Waals surface area contributed by atoms with Gasteiger partial charge in [-0.1, -0.05) is 0 Å². The average Bonchev–Trinajstić information content (AvgIpc) is 3.38. The van der Waals surface area contributed by atoms with Crippen LogP contribution in [0.15, 0.2) is 48.5 Å². The van der Waals surface area contributed by atoms with Gasteiger partial charge in [0, 0.05) is 18.4 Å². The zero-order chi connectivity index (χ0) is 17.3. The molecule has 0 aromatic heterocycles. The molecule has 6 heteroatoms. The minimum atomic E-state index is -1.08. The zero-order valence-corrected chi connectivity index (χ0v) is 13.1. The van der Waals surface area contributed by atoms with Crippen molar-refractivity contribution in [1.29, 1.82) is 0 Å². The lowest BCUT2D eigenvalue weighted by Crippen LogP contribution is -2.41. The van der Waals surface area contributed by atoms with E-state index in [1.165, 1.54) is 41.3 Å². The second-order valence-electron chi connectivity index (χ2n) is 5.92. The zero-order valence-electron chi connectivity index (χ0n) is 13.1. The van der Waals surface area contributed by atoms with E-state index in [0.29, 0.717) is 24.2 Å². The van der Waals surface area contributed by atoms with E-state index in [4.69, 9.17) is 0 Å². The van der Waals surface area contributed by atoms with Crippen LogP contribution in [0, 0.1) is 11.2 Å². The number of hydrogen-bond donors (Lipinski definition) is 2. The predicted octanol–water partition coefficient (Wildman–Crippen LogP) is 2.91. The molecule has 0 atom stereocenters. The first-order chi connectivity index (χ1) is 11.4. The summed E-state index contributed by atoms with van der Waals surface area (Å²) in [4.78, 5) is 26.7. The predicted molar refractivity (Wildman–Crippen MR) is 88.2 cm³/mol. The number of hydrogen-bond acceptors (Lipinski definition) is 3. The largest absolute Gasteiger partial charge is 0.508 e. The van der Waals surface area contributed by atoms with Crippen molar-refractivity contribution < 1.29 is 19.1 Å². The number of aromatic hydroxyl groups is 1. The molecule has 0 aliphatic heterocycles. The number of halogens is 1. The first-order valence-corrected chi connectivity index (χ1v) is 7.57. The normalized spacial score (nSPS) is 14.8. The van der Waals surface area contributed by atoms with Crippen LogP contribution in [0.2, 0.25) is 0 Å². The van der Waals surface area contributed by atoms with Gasteiger partial charge in [0.1, 0.15) is 17.0 Å². The van der Waals surface area contributed by atoms with Gasteiger partial charge in [-0.2, -0.15) is 0 Å². The summed E-state index contributed by atoms with van der Waals surface area (Å²) in [6.45, 7) is 0. The Bertz CT molecular complexity index is 768. The van der Waals surface area contributed by atoms with Gasteiger partial charge in [-0.3, -0.25) is 9.59 Å². The molecular formula is C18H17FN2O3.